The average molecular weight is 260 g/mol. The van der Waals surface area contributed by atoms with Gasteiger partial charge in [0.1, 0.15) is 0 Å². The second kappa shape index (κ2) is 7.46. The molecule has 0 fully saturated rings. The molecule has 0 aliphatic rings. The lowest BCUT2D eigenvalue weighted by Crippen LogP contribution is -2.27. The van der Waals surface area contributed by atoms with Crippen LogP contribution in [0.3, 0.4) is 0 Å². The maximum Gasteiger partial charge on any atom is 0.323 e. The van der Waals surface area contributed by atoms with Crippen LogP contribution in [0.4, 0.5) is 10.5 Å². The Kier molecular flexibility index (Phi) is 5.89. The van der Waals surface area contributed by atoms with Crippen LogP contribution >= 0.6 is 9.24 Å². The molecule has 1 aromatic rings. The molecule has 1 rings (SSSR count). The Morgan fingerprint density at radius 1 is 1.28 bits per heavy atom. The maximum atomic E-state index is 11.7. The van der Waals surface area contributed by atoms with Gasteiger partial charge in [-0.1, -0.05) is 31.4 Å². The van der Waals surface area contributed by atoms with Crippen molar-refractivity contribution in [2.45, 2.75) is 6.16 Å². The molecule has 0 aromatic heterocycles. The van der Waals surface area contributed by atoms with Crippen LogP contribution in [0.25, 0.3) is 0 Å². The standard InChI is InChI=1S/C14H17N2OP/c1-3-5-12(4-2)15-14(17)16-13-8-6-11(10-18)7-9-13/h3-9H,1-2,10,18H2,(H2,15,16,17)/b12-5+. The highest BCUT2D eigenvalue weighted by Crippen LogP contribution is 2.11. The number of nitrogens with one attached hydrogen (secondary N) is 2. The van der Waals surface area contributed by atoms with E-state index in [-0.39, 0.29) is 6.03 Å². The highest BCUT2D eigenvalue weighted by Gasteiger charge is 2.02. The summed E-state index contributed by atoms with van der Waals surface area (Å²) in [4.78, 5) is 11.7. The predicted molar refractivity (Wildman–Crippen MR) is 80.5 cm³/mol. The lowest BCUT2D eigenvalue weighted by atomic mass is 10.2. The number of amides is 2. The van der Waals surface area contributed by atoms with Crippen LogP contribution in [-0.4, -0.2) is 6.03 Å². The fourth-order valence-corrected chi connectivity index (χ4v) is 1.58. The van der Waals surface area contributed by atoms with Crippen molar-refractivity contribution in [3.05, 3.63) is 66.9 Å². The van der Waals surface area contributed by atoms with E-state index < -0.39 is 0 Å². The Labute approximate surface area is 110 Å². The van der Waals surface area contributed by atoms with Crippen molar-refractivity contribution in [3.63, 3.8) is 0 Å². The molecule has 3 nitrogen and oxygen atoms in total. The van der Waals surface area contributed by atoms with E-state index in [9.17, 15) is 4.79 Å². The van der Waals surface area contributed by atoms with Gasteiger partial charge in [-0.2, -0.15) is 0 Å². The topological polar surface area (TPSA) is 41.1 Å². The predicted octanol–water partition coefficient (Wildman–Crippen LogP) is 3.44. The molecule has 0 heterocycles. The van der Waals surface area contributed by atoms with Gasteiger partial charge >= 0.3 is 6.03 Å². The third-order valence-corrected chi connectivity index (χ3v) is 2.69. The Balaban J connectivity index is 2.61. The van der Waals surface area contributed by atoms with Crippen LogP contribution < -0.4 is 10.6 Å². The summed E-state index contributed by atoms with van der Waals surface area (Å²) in [5.41, 5.74) is 2.55. The molecule has 1 aromatic carbocycles. The van der Waals surface area contributed by atoms with Crippen molar-refractivity contribution >= 4 is 21.0 Å². The SMILES string of the molecule is C=C/C=C(\C=C)NC(=O)Nc1ccc(CP)cc1. The molecule has 0 radical (unpaired) electrons. The molecule has 0 saturated heterocycles. The van der Waals surface area contributed by atoms with Crippen molar-refractivity contribution in [3.8, 4) is 0 Å². The smallest absolute Gasteiger partial charge is 0.308 e. The van der Waals surface area contributed by atoms with Crippen molar-refractivity contribution in [1.29, 1.82) is 0 Å². The van der Waals surface area contributed by atoms with Crippen LogP contribution in [0.1, 0.15) is 5.56 Å². The van der Waals surface area contributed by atoms with Gasteiger partial charge in [-0.05, 0) is 36.0 Å². The maximum absolute atomic E-state index is 11.7. The number of hydrogen-bond acceptors (Lipinski definition) is 1. The van der Waals surface area contributed by atoms with Gasteiger partial charge in [0.2, 0.25) is 0 Å². The van der Waals surface area contributed by atoms with Gasteiger partial charge < -0.3 is 10.6 Å². The van der Waals surface area contributed by atoms with Crippen LogP contribution in [-0.2, 0) is 6.16 Å². The molecular weight excluding hydrogens is 243 g/mol. The van der Waals surface area contributed by atoms with Gasteiger partial charge in [-0.25, -0.2) is 4.79 Å². The summed E-state index contributed by atoms with van der Waals surface area (Å²) in [5.74, 6) is 0. The minimum Gasteiger partial charge on any atom is -0.308 e. The van der Waals surface area contributed by atoms with Crippen molar-refractivity contribution in [2.24, 2.45) is 0 Å². The van der Waals surface area contributed by atoms with Gasteiger partial charge in [0.05, 0.1) is 0 Å². The summed E-state index contributed by atoms with van der Waals surface area (Å²) in [6.45, 7) is 7.16. The molecule has 4 heteroatoms. The zero-order valence-electron chi connectivity index (χ0n) is 10.1. The summed E-state index contributed by atoms with van der Waals surface area (Å²) in [6.07, 6.45) is 5.71. The molecule has 1 atom stereocenters. The number of hydrogen-bond donors (Lipinski definition) is 2. The Morgan fingerprint density at radius 3 is 2.44 bits per heavy atom. The molecule has 0 bridgehead atoms. The van der Waals surface area contributed by atoms with E-state index in [1.54, 1.807) is 18.2 Å². The van der Waals surface area contributed by atoms with Gasteiger partial charge in [-0.15, -0.1) is 9.24 Å². The molecule has 0 spiro atoms. The van der Waals surface area contributed by atoms with Crippen molar-refractivity contribution < 1.29 is 4.79 Å². The van der Waals surface area contributed by atoms with Crippen LogP contribution in [0.5, 0.6) is 0 Å². The number of rotatable bonds is 5. The second-order valence-corrected chi connectivity index (χ2v) is 3.95. The fraction of sp³-hybridized carbons (Fsp3) is 0.0714. The van der Waals surface area contributed by atoms with E-state index in [1.165, 1.54) is 5.56 Å². The Hall–Kier alpha value is -1.86. The van der Waals surface area contributed by atoms with Crippen LogP contribution in [0.15, 0.2) is 61.3 Å². The third kappa shape index (κ3) is 4.56. The summed E-state index contributed by atoms with van der Waals surface area (Å²) in [5, 5.41) is 5.40. The van der Waals surface area contributed by atoms with Crippen molar-refractivity contribution in [2.75, 3.05) is 5.32 Å². The largest absolute Gasteiger partial charge is 0.323 e. The summed E-state index contributed by atoms with van der Waals surface area (Å²) in [6, 6.07) is 7.36. The summed E-state index contributed by atoms with van der Waals surface area (Å²) < 4.78 is 0. The number of benzene rings is 1. The van der Waals surface area contributed by atoms with Crippen LogP contribution in [0, 0.1) is 0 Å². The zero-order valence-corrected chi connectivity index (χ0v) is 11.3. The molecule has 0 aliphatic heterocycles. The summed E-state index contributed by atoms with van der Waals surface area (Å²) in [7, 11) is 2.66. The molecule has 2 N–H and O–H groups in total. The van der Waals surface area contributed by atoms with E-state index in [2.05, 4.69) is 33.0 Å². The highest BCUT2D eigenvalue weighted by atomic mass is 31.0. The molecular formula is C14H17N2OP. The van der Waals surface area contributed by atoms with E-state index in [4.69, 9.17) is 0 Å². The number of allylic oxidation sites excluding steroid dienone is 3. The quantitative estimate of drug-likeness (QED) is 0.618. The first-order valence-electron chi connectivity index (χ1n) is 5.51. The van der Waals surface area contributed by atoms with Crippen LogP contribution in [0.2, 0.25) is 0 Å². The molecule has 18 heavy (non-hydrogen) atoms. The second-order valence-electron chi connectivity index (χ2n) is 3.54. The number of carbonyl (C=O) groups excluding carboxylic acids is 1. The van der Waals surface area contributed by atoms with E-state index in [0.717, 1.165) is 11.8 Å². The fourth-order valence-electron chi connectivity index (χ4n) is 1.31. The van der Waals surface area contributed by atoms with E-state index >= 15 is 0 Å². The molecule has 0 aliphatic carbocycles. The Bertz CT molecular complexity index is 463. The number of anilines is 1. The first-order chi connectivity index (χ1) is 8.69. The number of carbonyl (C=O) groups is 1. The zero-order chi connectivity index (χ0) is 13.4. The first kappa shape index (κ1) is 14.2. The average Bonchev–Trinajstić information content (AvgIpc) is 2.39. The first-order valence-corrected chi connectivity index (χ1v) is 6.33. The lowest BCUT2D eigenvalue weighted by molar-refractivity contribution is 0.254. The molecule has 1 unspecified atom stereocenters. The van der Waals surface area contributed by atoms with Gasteiger partial charge in [0.15, 0.2) is 0 Å². The van der Waals surface area contributed by atoms with Gasteiger partial charge in [-0.3, -0.25) is 0 Å². The molecule has 0 saturated carbocycles. The van der Waals surface area contributed by atoms with Gasteiger partial charge in [0, 0.05) is 11.4 Å². The Morgan fingerprint density at radius 2 is 1.94 bits per heavy atom. The van der Waals surface area contributed by atoms with Crippen molar-refractivity contribution in [1.82, 2.24) is 5.32 Å². The normalized spacial score (nSPS) is 10.6. The summed E-state index contributed by atoms with van der Waals surface area (Å²) >= 11 is 0. The minimum absolute atomic E-state index is 0.304. The molecule has 94 valence electrons. The minimum atomic E-state index is -0.304. The third-order valence-electron chi connectivity index (χ3n) is 2.22. The van der Waals surface area contributed by atoms with Gasteiger partial charge in [0.25, 0.3) is 0 Å². The highest BCUT2D eigenvalue weighted by molar-refractivity contribution is 7.15. The lowest BCUT2D eigenvalue weighted by Gasteiger charge is -2.08. The van der Waals surface area contributed by atoms with E-state index in [1.807, 2.05) is 24.3 Å². The molecule has 2 amide bonds. The number of urea groups is 1. The van der Waals surface area contributed by atoms with E-state index in [0.29, 0.717) is 5.70 Å². The monoisotopic (exact) mass is 260 g/mol.